The second-order valence-electron chi connectivity index (χ2n) is 21.4. The van der Waals surface area contributed by atoms with Gasteiger partial charge >= 0.3 is 0 Å². The molecule has 346 valence electrons. The zero-order valence-corrected chi connectivity index (χ0v) is 42.8. The Morgan fingerprint density at radius 2 is 1.00 bits per heavy atom. The van der Waals surface area contributed by atoms with Crippen molar-refractivity contribution in [2.75, 3.05) is 9.80 Å². The molecule has 2 nitrogen and oxygen atoms in total. The van der Waals surface area contributed by atoms with E-state index in [1.54, 1.807) is 0 Å². The first-order valence-electron chi connectivity index (χ1n) is 25.8. The number of benzene rings is 9. The van der Waals surface area contributed by atoms with Gasteiger partial charge in [-0.1, -0.05) is 190 Å². The van der Waals surface area contributed by atoms with Crippen LogP contribution in [0.4, 0.5) is 34.1 Å². The van der Waals surface area contributed by atoms with Crippen molar-refractivity contribution >= 4 is 67.9 Å². The van der Waals surface area contributed by atoms with Gasteiger partial charge in [0.25, 0.3) is 6.71 Å². The van der Waals surface area contributed by atoms with Crippen LogP contribution in [-0.4, -0.2) is 6.71 Å². The molecule has 10 aromatic rings. The SMILES string of the molecule is Cc1ccc(-c2ccccc2)c(-c2ccc3c(c2)N(c2ccc(C(C)C)cc2)c2cc(C)cc4c2B3c2sc3c(c2N4c2ccc(C(C)C)cc2)-c2ccc(C)cc2C32c3ccccc3-c3ccccc32)c1. The van der Waals surface area contributed by atoms with Crippen molar-refractivity contribution in [1.29, 1.82) is 0 Å². The second kappa shape index (κ2) is 15.9. The number of thiophene rings is 1. The summed E-state index contributed by atoms with van der Waals surface area (Å²) in [6, 6.07) is 74.9. The molecule has 0 amide bonds. The summed E-state index contributed by atoms with van der Waals surface area (Å²) in [7, 11) is 0. The highest BCUT2D eigenvalue weighted by Crippen LogP contribution is 2.67. The Hall–Kier alpha value is -7.66. The third kappa shape index (κ3) is 6.02. The third-order valence-electron chi connectivity index (χ3n) is 16.4. The van der Waals surface area contributed by atoms with Crippen molar-refractivity contribution in [3.8, 4) is 44.5 Å². The lowest BCUT2D eigenvalue weighted by molar-refractivity contribution is 0.810. The van der Waals surface area contributed by atoms with Gasteiger partial charge in [-0.05, 0) is 158 Å². The summed E-state index contributed by atoms with van der Waals surface area (Å²) >= 11 is 2.07. The largest absolute Gasteiger partial charge is 0.311 e. The first kappa shape index (κ1) is 43.2. The van der Waals surface area contributed by atoms with E-state index in [2.05, 4.69) is 264 Å². The van der Waals surface area contributed by atoms with E-state index in [1.165, 1.54) is 144 Å². The maximum Gasteiger partial charge on any atom is 0.264 e. The van der Waals surface area contributed by atoms with Crippen LogP contribution < -0.4 is 25.5 Å². The molecular formula is C68H55BN2S. The fourth-order valence-electron chi connectivity index (χ4n) is 13.0. The summed E-state index contributed by atoms with van der Waals surface area (Å²) in [5.41, 5.74) is 30.6. The lowest BCUT2D eigenvalue weighted by Crippen LogP contribution is -2.60. The monoisotopic (exact) mass is 942 g/mol. The molecule has 9 aromatic carbocycles. The number of aryl methyl sites for hydroxylation is 3. The summed E-state index contributed by atoms with van der Waals surface area (Å²) in [5.74, 6) is 0.856. The molecule has 0 saturated carbocycles. The van der Waals surface area contributed by atoms with Crippen LogP contribution in [0.25, 0.3) is 44.5 Å². The maximum atomic E-state index is 2.67. The molecule has 2 aliphatic heterocycles. The Balaban J connectivity index is 1.10. The van der Waals surface area contributed by atoms with Crippen LogP contribution in [-0.2, 0) is 5.41 Å². The van der Waals surface area contributed by atoms with Gasteiger partial charge in [0, 0.05) is 43.7 Å². The molecule has 1 spiro atoms. The first-order chi connectivity index (χ1) is 35.1. The van der Waals surface area contributed by atoms with Crippen molar-refractivity contribution in [3.63, 3.8) is 0 Å². The van der Waals surface area contributed by atoms with Gasteiger partial charge in [0.1, 0.15) is 0 Å². The Kier molecular flexibility index (Phi) is 9.55. The highest BCUT2D eigenvalue weighted by molar-refractivity contribution is 7.30. The van der Waals surface area contributed by atoms with Crippen LogP contribution in [0, 0.1) is 20.8 Å². The smallest absolute Gasteiger partial charge is 0.264 e. The normalized spacial score (nSPS) is 14.0. The van der Waals surface area contributed by atoms with E-state index >= 15 is 0 Å². The molecule has 2 aliphatic carbocycles. The first-order valence-corrected chi connectivity index (χ1v) is 26.6. The number of nitrogens with zero attached hydrogens (tertiary/aromatic N) is 2. The summed E-state index contributed by atoms with van der Waals surface area (Å²) in [5, 5.41) is 0. The number of anilines is 6. The lowest BCUT2D eigenvalue weighted by atomic mass is 9.36. The van der Waals surface area contributed by atoms with E-state index in [1.807, 2.05) is 0 Å². The fraction of sp³-hybridized carbons (Fsp3) is 0.147. The van der Waals surface area contributed by atoms with E-state index in [0.29, 0.717) is 11.8 Å². The highest BCUT2D eigenvalue weighted by Gasteiger charge is 2.57. The van der Waals surface area contributed by atoms with E-state index in [-0.39, 0.29) is 6.71 Å². The zero-order chi connectivity index (χ0) is 48.7. The summed E-state index contributed by atoms with van der Waals surface area (Å²) in [6.45, 7) is 15.9. The van der Waals surface area contributed by atoms with E-state index in [4.69, 9.17) is 0 Å². The molecule has 0 atom stereocenters. The predicted molar refractivity (Wildman–Crippen MR) is 308 cm³/mol. The van der Waals surface area contributed by atoms with Crippen LogP contribution in [0.5, 0.6) is 0 Å². The van der Waals surface area contributed by atoms with Crippen LogP contribution in [0.2, 0.25) is 0 Å². The predicted octanol–water partition coefficient (Wildman–Crippen LogP) is 16.7. The lowest BCUT2D eigenvalue weighted by Gasteiger charge is -2.44. The summed E-state index contributed by atoms with van der Waals surface area (Å²) in [4.78, 5) is 6.70. The second-order valence-corrected chi connectivity index (χ2v) is 22.5. The van der Waals surface area contributed by atoms with Gasteiger partial charge in [0.15, 0.2) is 0 Å². The van der Waals surface area contributed by atoms with E-state index < -0.39 is 5.41 Å². The molecule has 3 heterocycles. The minimum atomic E-state index is -0.464. The van der Waals surface area contributed by atoms with Crippen LogP contribution in [0.15, 0.2) is 194 Å². The third-order valence-corrected chi connectivity index (χ3v) is 17.7. The minimum absolute atomic E-state index is 0.0217. The van der Waals surface area contributed by atoms with Gasteiger partial charge in [0.05, 0.1) is 11.1 Å². The number of hydrogen-bond acceptors (Lipinski definition) is 3. The molecule has 0 fully saturated rings. The van der Waals surface area contributed by atoms with Crippen molar-refractivity contribution in [2.45, 2.75) is 65.7 Å². The molecule has 1 aromatic heterocycles. The number of hydrogen-bond donors (Lipinski definition) is 0. The Morgan fingerprint density at radius 3 is 1.64 bits per heavy atom. The van der Waals surface area contributed by atoms with Gasteiger partial charge in [-0.15, -0.1) is 11.3 Å². The van der Waals surface area contributed by atoms with Gasteiger partial charge in [-0.25, -0.2) is 0 Å². The Labute approximate surface area is 429 Å². The van der Waals surface area contributed by atoms with E-state index in [9.17, 15) is 0 Å². The Bertz CT molecular complexity index is 3810. The molecule has 0 bridgehead atoms. The number of fused-ring (bicyclic) bond motifs is 15. The summed E-state index contributed by atoms with van der Waals surface area (Å²) < 4.78 is 1.40. The highest BCUT2D eigenvalue weighted by atomic mass is 32.1. The molecule has 72 heavy (non-hydrogen) atoms. The molecule has 4 aliphatic rings. The molecule has 0 saturated heterocycles. The Morgan fingerprint density at radius 1 is 0.431 bits per heavy atom. The van der Waals surface area contributed by atoms with E-state index in [0.717, 1.165) is 0 Å². The molecule has 14 rings (SSSR count). The molecule has 0 unspecified atom stereocenters. The van der Waals surface area contributed by atoms with Gasteiger partial charge in [0.2, 0.25) is 0 Å². The van der Waals surface area contributed by atoms with Crippen LogP contribution >= 0.6 is 11.3 Å². The quantitative estimate of drug-likeness (QED) is 0.153. The molecule has 0 radical (unpaired) electrons. The van der Waals surface area contributed by atoms with Gasteiger partial charge < -0.3 is 9.80 Å². The number of rotatable bonds is 6. The van der Waals surface area contributed by atoms with Crippen LogP contribution in [0.1, 0.15) is 88.9 Å². The van der Waals surface area contributed by atoms with Gasteiger partial charge in [-0.2, -0.15) is 0 Å². The average molecular weight is 943 g/mol. The molecule has 0 N–H and O–H groups in total. The fourth-order valence-corrected chi connectivity index (χ4v) is 14.7. The van der Waals surface area contributed by atoms with Crippen molar-refractivity contribution in [1.82, 2.24) is 0 Å². The summed E-state index contributed by atoms with van der Waals surface area (Å²) in [6.07, 6.45) is 0. The maximum absolute atomic E-state index is 2.67. The molecule has 4 heteroatoms. The van der Waals surface area contributed by atoms with Crippen molar-refractivity contribution in [3.05, 3.63) is 244 Å². The topological polar surface area (TPSA) is 6.48 Å². The molecular weight excluding hydrogens is 888 g/mol. The average Bonchev–Trinajstić information content (AvgIpc) is 4.03. The standard InChI is InChI=1S/C68H55BN2S/c1-40(2)45-23-28-49(29-24-45)70-60-39-48(55-35-42(5)21-32-51(55)47-15-9-8-10-16-47)27-34-59(60)69-64-61(70)37-44(7)38-62(64)71(50-30-25-46(26-31-50)41(3)4)65-63-54-33-22-43(6)36-58(54)68(66(63)72-67(65)69)56-19-13-11-17-52(56)53-18-12-14-20-57(53)68/h8-41H,1-7H3. The minimum Gasteiger partial charge on any atom is -0.311 e. The zero-order valence-electron chi connectivity index (χ0n) is 42.0. The van der Waals surface area contributed by atoms with Crippen molar-refractivity contribution < 1.29 is 0 Å². The van der Waals surface area contributed by atoms with Crippen LogP contribution in [0.3, 0.4) is 0 Å². The van der Waals surface area contributed by atoms with Gasteiger partial charge in [-0.3, -0.25) is 0 Å². The van der Waals surface area contributed by atoms with Crippen molar-refractivity contribution in [2.24, 2.45) is 0 Å².